The first kappa shape index (κ1) is 19.4. The molecule has 0 aliphatic carbocycles. The van der Waals surface area contributed by atoms with Gasteiger partial charge in [0.15, 0.2) is 0 Å². The van der Waals surface area contributed by atoms with Gasteiger partial charge in [-0.3, -0.25) is 9.59 Å². The number of anilines is 1. The molecule has 2 aromatic carbocycles. The fourth-order valence-corrected chi connectivity index (χ4v) is 2.43. The van der Waals surface area contributed by atoms with E-state index in [1.54, 1.807) is 0 Å². The third-order valence-electron chi connectivity index (χ3n) is 4.13. The van der Waals surface area contributed by atoms with Crippen LogP contribution in [0, 0.1) is 13.8 Å². The van der Waals surface area contributed by atoms with E-state index in [1.165, 1.54) is 5.56 Å². The van der Waals surface area contributed by atoms with Crippen LogP contribution >= 0.6 is 0 Å². The molecule has 0 spiro atoms. The number of benzene rings is 2. The van der Waals surface area contributed by atoms with Crippen molar-refractivity contribution in [2.45, 2.75) is 40.0 Å². The molecule has 0 saturated heterocycles. The average molecular weight is 351 g/mol. The Hall–Kier alpha value is -2.95. The van der Waals surface area contributed by atoms with E-state index in [-0.39, 0.29) is 24.7 Å². The molecule has 5 heteroatoms. The standard InChI is InChI=1S/C21H25N3O2/c1-4-19(17-8-6-5-7-9-17)23-24-21(26)13-12-20(25)22-18-11-10-15(2)16(3)14-18/h5-11,14H,4,12-13H2,1-3H3,(H,22,25)(H,24,26). The lowest BCUT2D eigenvalue weighted by atomic mass is 10.1. The molecular formula is C21H25N3O2. The minimum Gasteiger partial charge on any atom is -0.326 e. The van der Waals surface area contributed by atoms with Crippen molar-refractivity contribution in [3.63, 3.8) is 0 Å². The number of hydrogen-bond acceptors (Lipinski definition) is 3. The van der Waals surface area contributed by atoms with Crippen molar-refractivity contribution >= 4 is 23.2 Å². The summed E-state index contributed by atoms with van der Waals surface area (Å²) in [5.41, 5.74) is 7.35. The molecule has 136 valence electrons. The Bertz CT molecular complexity index is 798. The minimum absolute atomic E-state index is 0.0892. The van der Waals surface area contributed by atoms with Crippen LogP contribution in [0.15, 0.2) is 53.6 Å². The lowest BCUT2D eigenvalue weighted by Crippen LogP contribution is -2.22. The van der Waals surface area contributed by atoms with Crippen molar-refractivity contribution in [3.8, 4) is 0 Å². The van der Waals surface area contributed by atoms with Gasteiger partial charge in [0, 0.05) is 18.5 Å². The molecule has 0 aliphatic rings. The molecule has 0 heterocycles. The summed E-state index contributed by atoms with van der Waals surface area (Å²) in [6.07, 6.45) is 0.907. The summed E-state index contributed by atoms with van der Waals surface area (Å²) in [5.74, 6) is -0.465. The number of nitrogens with zero attached hydrogens (tertiary/aromatic N) is 1. The van der Waals surface area contributed by atoms with Gasteiger partial charge in [0.2, 0.25) is 11.8 Å². The largest absolute Gasteiger partial charge is 0.326 e. The van der Waals surface area contributed by atoms with E-state index in [2.05, 4.69) is 15.8 Å². The van der Waals surface area contributed by atoms with E-state index in [1.807, 2.05) is 69.3 Å². The smallest absolute Gasteiger partial charge is 0.240 e. The number of carbonyl (C=O) groups is 2. The normalized spacial score (nSPS) is 11.1. The Labute approximate surface area is 154 Å². The summed E-state index contributed by atoms with van der Waals surface area (Å²) in [6, 6.07) is 15.4. The van der Waals surface area contributed by atoms with Crippen molar-refractivity contribution in [1.29, 1.82) is 0 Å². The van der Waals surface area contributed by atoms with Crippen LogP contribution in [0.4, 0.5) is 5.69 Å². The predicted molar refractivity (Wildman–Crippen MR) is 105 cm³/mol. The van der Waals surface area contributed by atoms with Crippen LogP contribution in [0.2, 0.25) is 0 Å². The van der Waals surface area contributed by atoms with Gasteiger partial charge in [0.1, 0.15) is 0 Å². The van der Waals surface area contributed by atoms with E-state index in [0.29, 0.717) is 6.42 Å². The number of aryl methyl sites for hydroxylation is 2. The molecule has 0 aliphatic heterocycles. The molecule has 5 nitrogen and oxygen atoms in total. The molecule has 0 fully saturated rings. The average Bonchev–Trinajstić information content (AvgIpc) is 2.64. The van der Waals surface area contributed by atoms with E-state index >= 15 is 0 Å². The zero-order chi connectivity index (χ0) is 18.9. The molecule has 0 bridgehead atoms. The SMILES string of the molecule is CCC(=NNC(=O)CCC(=O)Nc1ccc(C)c(C)c1)c1ccccc1. The van der Waals surface area contributed by atoms with Gasteiger partial charge >= 0.3 is 0 Å². The summed E-state index contributed by atoms with van der Waals surface area (Å²) in [7, 11) is 0. The molecule has 26 heavy (non-hydrogen) atoms. The highest BCUT2D eigenvalue weighted by atomic mass is 16.2. The molecule has 0 radical (unpaired) electrons. The van der Waals surface area contributed by atoms with Gasteiger partial charge in [-0.25, -0.2) is 5.43 Å². The molecule has 2 amide bonds. The molecule has 0 atom stereocenters. The first-order chi connectivity index (χ1) is 12.5. The predicted octanol–water partition coefficient (Wildman–Crippen LogP) is 3.95. The maximum atomic E-state index is 12.0. The second-order valence-electron chi connectivity index (χ2n) is 6.16. The second-order valence-corrected chi connectivity index (χ2v) is 6.16. The van der Waals surface area contributed by atoms with Crippen molar-refractivity contribution in [3.05, 3.63) is 65.2 Å². The van der Waals surface area contributed by atoms with E-state index in [0.717, 1.165) is 22.5 Å². The first-order valence-electron chi connectivity index (χ1n) is 8.77. The van der Waals surface area contributed by atoms with Gasteiger partial charge in [-0.1, -0.05) is 43.3 Å². The number of hydrazone groups is 1. The van der Waals surface area contributed by atoms with Gasteiger partial charge in [-0.2, -0.15) is 5.10 Å². The Kier molecular flexibility index (Phi) is 7.09. The molecule has 2 N–H and O–H groups in total. The molecule has 2 aromatic rings. The number of carbonyl (C=O) groups excluding carboxylic acids is 2. The summed E-state index contributed by atoms with van der Waals surface area (Å²) >= 11 is 0. The maximum absolute atomic E-state index is 12.0. The summed E-state index contributed by atoms with van der Waals surface area (Å²) in [4.78, 5) is 24.0. The van der Waals surface area contributed by atoms with Crippen molar-refractivity contribution in [2.24, 2.45) is 5.10 Å². The Balaban J connectivity index is 1.83. The number of nitrogens with one attached hydrogen (secondary N) is 2. The molecular weight excluding hydrogens is 326 g/mol. The van der Waals surface area contributed by atoms with E-state index < -0.39 is 0 Å². The monoisotopic (exact) mass is 351 g/mol. The lowest BCUT2D eigenvalue weighted by Gasteiger charge is -2.08. The maximum Gasteiger partial charge on any atom is 0.240 e. The fourth-order valence-electron chi connectivity index (χ4n) is 2.43. The van der Waals surface area contributed by atoms with Crippen LogP contribution in [0.3, 0.4) is 0 Å². The number of hydrogen-bond donors (Lipinski definition) is 2. The number of amides is 2. The molecule has 0 unspecified atom stereocenters. The summed E-state index contributed by atoms with van der Waals surface area (Å²) in [5, 5.41) is 6.99. The third kappa shape index (κ3) is 5.84. The van der Waals surface area contributed by atoms with Gasteiger partial charge < -0.3 is 5.32 Å². The second kappa shape index (κ2) is 9.51. The van der Waals surface area contributed by atoms with Crippen LogP contribution in [-0.2, 0) is 9.59 Å². The van der Waals surface area contributed by atoms with Gasteiger partial charge in [-0.15, -0.1) is 0 Å². The first-order valence-corrected chi connectivity index (χ1v) is 8.77. The Morgan fingerprint density at radius 2 is 1.62 bits per heavy atom. The van der Waals surface area contributed by atoms with E-state index in [9.17, 15) is 9.59 Å². The van der Waals surface area contributed by atoms with Crippen LogP contribution in [0.1, 0.15) is 42.9 Å². The third-order valence-corrected chi connectivity index (χ3v) is 4.13. The lowest BCUT2D eigenvalue weighted by molar-refractivity contribution is -0.124. The molecule has 2 rings (SSSR count). The van der Waals surface area contributed by atoms with Crippen molar-refractivity contribution in [1.82, 2.24) is 5.43 Å². The Morgan fingerprint density at radius 3 is 2.27 bits per heavy atom. The van der Waals surface area contributed by atoms with Gasteiger partial charge in [0.25, 0.3) is 0 Å². The van der Waals surface area contributed by atoms with Crippen molar-refractivity contribution < 1.29 is 9.59 Å². The summed E-state index contributed by atoms with van der Waals surface area (Å²) in [6.45, 7) is 6.00. The topological polar surface area (TPSA) is 70.6 Å². The summed E-state index contributed by atoms with van der Waals surface area (Å²) < 4.78 is 0. The highest BCUT2D eigenvalue weighted by Crippen LogP contribution is 2.14. The quantitative estimate of drug-likeness (QED) is 0.586. The molecule has 0 saturated carbocycles. The fraction of sp³-hybridized carbons (Fsp3) is 0.286. The number of rotatable bonds is 7. The van der Waals surface area contributed by atoms with Crippen LogP contribution < -0.4 is 10.7 Å². The van der Waals surface area contributed by atoms with Crippen molar-refractivity contribution in [2.75, 3.05) is 5.32 Å². The van der Waals surface area contributed by atoms with E-state index in [4.69, 9.17) is 0 Å². The van der Waals surface area contributed by atoms with Crippen LogP contribution in [0.25, 0.3) is 0 Å². The van der Waals surface area contributed by atoms with Crippen LogP contribution in [-0.4, -0.2) is 17.5 Å². The molecule has 0 aromatic heterocycles. The highest BCUT2D eigenvalue weighted by Gasteiger charge is 2.08. The Morgan fingerprint density at radius 1 is 0.923 bits per heavy atom. The zero-order valence-corrected chi connectivity index (χ0v) is 15.5. The van der Waals surface area contributed by atoms with Gasteiger partial charge in [-0.05, 0) is 49.1 Å². The van der Waals surface area contributed by atoms with Crippen LogP contribution in [0.5, 0.6) is 0 Å². The van der Waals surface area contributed by atoms with Gasteiger partial charge in [0.05, 0.1) is 5.71 Å². The zero-order valence-electron chi connectivity index (χ0n) is 15.5. The minimum atomic E-state index is -0.276. The highest BCUT2D eigenvalue weighted by molar-refractivity contribution is 6.01.